The lowest BCUT2D eigenvalue weighted by Gasteiger charge is -2.11. The standard InChI is InChI=1S/C16H26O5/c1-4-10(2)9-12(17)7-5-6-8-13(18)14-11(3)15(19)21-16(14)20/h10,13,15,18-19H,4-9H2,1-3H3/t10?,13-,15?/m1/s1. The molecule has 1 rings (SSSR count). The van der Waals surface area contributed by atoms with Gasteiger partial charge in [0.25, 0.3) is 0 Å². The van der Waals surface area contributed by atoms with Crippen LogP contribution in [-0.4, -0.2) is 34.4 Å². The van der Waals surface area contributed by atoms with Gasteiger partial charge in [0, 0.05) is 18.4 Å². The fraction of sp³-hybridized carbons (Fsp3) is 0.750. The number of esters is 1. The third kappa shape index (κ3) is 5.25. The fourth-order valence-electron chi connectivity index (χ4n) is 2.39. The van der Waals surface area contributed by atoms with E-state index in [1.165, 1.54) is 0 Å². The first-order valence-electron chi connectivity index (χ1n) is 7.66. The molecule has 0 radical (unpaired) electrons. The van der Waals surface area contributed by atoms with Crippen LogP contribution in [0.5, 0.6) is 0 Å². The minimum Gasteiger partial charge on any atom is -0.428 e. The predicted octanol–water partition coefficient (Wildman–Crippen LogP) is 2.10. The van der Waals surface area contributed by atoms with Crippen LogP contribution in [0.15, 0.2) is 11.1 Å². The monoisotopic (exact) mass is 298 g/mol. The number of hydrogen-bond acceptors (Lipinski definition) is 5. The largest absolute Gasteiger partial charge is 0.428 e. The highest BCUT2D eigenvalue weighted by atomic mass is 16.6. The molecule has 1 aliphatic rings. The van der Waals surface area contributed by atoms with Crippen molar-refractivity contribution in [3.63, 3.8) is 0 Å². The third-order valence-corrected chi connectivity index (χ3v) is 4.02. The summed E-state index contributed by atoms with van der Waals surface area (Å²) < 4.78 is 4.64. The second-order valence-corrected chi connectivity index (χ2v) is 5.87. The molecule has 0 saturated carbocycles. The van der Waals surface area contributed by atoms with Gasteiger partial charge >= 0.3 is 5.97 Å². The van der Waals surface area contributed by atoms with Gasteiger partial charge in [-0.05, 0) is 25.7 Å². The second kappa shape index (κ2) is 8.29. The van der Waals surface area contributed by atoms with Gasteiger partial charge in [0.2, 0.25) is 6.29 Å². The van der Waals surface area contributed by atoms with Crippen LogP contribution in [0.1, 0.15) is 59.3 Å². The number of rotatable bonds is 9. The van der Waals surface area contributed by atoms with Crippen molar-refractivity contribution < 1.29 is 24.5 Å². The van der Waals surface area contributed by atoms with Crippen LogP contribution in [0.2, 0.25) is 0 Å². The van der Waals surface area contributed by atoms with Gasteiger partial charge in [-0.25, -0.2) is 4.79 Å². The van der Waals surface area contributed by atoms with Crippen LogP contribution < -0.4 is 0 Å². The van der Waals surface area contributed by atoms with E-state index in [9.17, 15) is 19.8 Å². The number of aliphatic hydroxyl groups excluding tert-OH is 2. The molecule has 0 fully saturated rings. The Morgan fingerprint density at radius 1 is 1.38 bits per heavy atom. The van der Waals surface area contributed by atoms with Gasteiger partial charge in [0.15, 0.2) is 0 Å². The maximum absolute atomic E-state index is 11.7. The molecule has 0 aromatic rings. The van der Waals surface area contributed by atoms with Crippen LogP contribution >= 0.6 is 0 Å². The molecule has 0 amide bonds. The summed E-state index contributed by atoms with van der Waals surface area (Å²) in [5, 5.41) is 19.4. The molecule has 120 valence electrons. The van der Waals surface area contributed by atoms with E-state index in [2.05, 4.69) is 18.6 Å². The maximum Gasteiger partial charge on any atom is 0.339 e. The highest BCUT2D eigenvalue weighted by molar-refractivity contribution is 5.93. The first-order valence-corrected chi connectivity index (χ1v) is 7.66. The van der Waals surface area contributed by atoms with Crippen molar-refractivity contribution in [2.45, 2.75) is 71.7 Å². The summed E-state index contributed by atoms with van der Waals surface area (Å²) in [6.45, 7) is 5.71. The van der Waals surface area contributed by atoms with E-state index in [1.807, 2.05) is 0 Å². The molecule has 0 spiro atoms. The molecule has 1 heterocycles. The average molecular weight is 298 g/mol. The number of hydrogen-bond donors (Lipinski definition) is 2. The lowest BCUT2D eigenvalue weighted by molar-refractivity contribution is -0.152. The van der Waals surface area contributed by atoms with Crippen molar-refractivity contribution in [1.82, 2.24) is 0 Å². The number of ether oxygens (including phenoxy) is 1. The summed E-state index contributed by atoms with van der Waals surface area (Å²) in [7, 11) is 0. The van der Waals surface area contributed by atoms with Gasteiger partial charge in [-0.3, -0.25) is 4.79 Å². The van der Waals surface area contributed by atoms with E-state index in [0.29, 0.717) is 43.6 Å². The Hall–Kier alpha value is -1.20. The molecular formula is C16H26O5. The zero-order valence-electron chi connectivity index (χ0n) is 13.1. The fourth-order valence-corrected chi connectivity index (χ4v) is 2.39. The van der Waals surface area contributed by atoms with Crippen LogP contribution in [-0.2, 0) is 14.3 Å². The van der Waals surface area contributed by atoms with Gasteiger partial charge < -0.3 is 14.9 Å². The van der Waals surface area contributed by atoms with Gasteiger partial charge in [-0.2, -0.15) is 0 Å². The number of unbranched alkanes of at least 4 members (excludes halogenated alkanes) is 1. The number of aliphatic hydroxyl groups is 2. The quantitative estimate of drug-likeness (QED) is 0.503. The van der Waals surface area contributed by atoms with Crippen LogP contribution in [0.3, 0.4) is 0 Å². The first kappa shape index (κ1) is 17.9. The Morgan fingerprint density at radius 3 is 2.57 bits per heavy atom. The van der Waals surface area contributed by atoms with Crippen molar-refractivity contribution >= 4 is 11.8 Å². The molecule has 2 unspecified atom stereocenters. The predicted molar refractivity (Wildman–Crippen MR) is 78.4 cm³/mol. The molecule has 0 aromatic heterocycles. The zero-order chi connectivity index (χ0) is 16.0. The van der Waals surface area contributed by atoms with E-state index in [4.69, 9.17) is 0 Å². The van der Waals surface area contributed by atoms with Crippen LogP contribution in [0.4, 0.5) is 0 Å². The Kier molecular flexibility index (Phi) is 7.05. The second-order valence-electron chi connectivity index (χ2n) is 5.87. The van der Waals surface area contributed by atoms with Gasteiger partial charge in [-0.15, -0.1) is 0 Å². The molecule has 1 aliphatic heterocycles. The Balaban J connectivity index is 2.30. The molecular weight excluding hydrogens is 272 g/mol. The summed E-state index contributed by atoms with van der Waals surface area (Å²) in [4.78, 5) is 23.2. The molecule has 21 heavy (non-hydrogen) atoms. The van der Waals surface area contributed by atoms with Crippen molar-refractivity contribution in [3.8, 4) is 0 Å². The first-order chi connectivity index (χ1) is 9.86. The van der Waals surface area contributed by atoms with Crippen molar-refractivity contribution in [3.05, 3.63) is 11.1 Å². The summed E-state index contributed by atoms with van der Waals surface area (Å²) in [5.41, 5.74) is 0.536. The van der Waals surface area contributed by atoms with Crippen molar-refractivity contribution in [1.29, 1.82) is 0 Å². The Bertz CT molecular complexity index is 413. The molecule has 0 aromatic carbocycles. The van der Waals surface area contributed by atoms with E-state index in [0.717, 1.165) is 6.42 Å². The average Bonchev–Trinajstić information content (AvgIpc) is 2.68. The van der Waals surface area contributed by atoms with E-state index < -0.39 is 18.4 Å². The number of ketones is 1. The third-order valence-electron chi connectivity index (χ3n) is 4.02. The lowest BCUT2D eigenvalue weighted by Crippen LogP contribution is -2.16. The number of Topliss-reactive ketones (excluding diaryl/α,β-unsaturated/α-hetero) is 1. The minimum absolute atomic E-state index is 0.161. The molecule has 0 saturated heterocycles. The number of cyclic esters (lactones) is 1. The molecule has 0 bridgehead atoms. The summed E-state index contributed by atoms with van der Waals surface area (Å²) in [5.74, 6) is 0.0240. The topological polar surface area (TPSA) is 83.8 Å². The Morgan fingerprint density at radius 2 is 2.05 bits per heavy atom. The Labute approximate surface area is 126 Å². The summed E-state index contributed by atoms with van der Waals surface area (Å²) >= 11 is 0. The smallest absolute Gasteiger partial charge is 0.339 e. The van der Waals surface area contributed by atoms with E-state index in [-0.39, 0.29) is 11.4 Å². The van der Waals surface area contributed by atoms with Crippen molar-refractivity contribution in [2.24, 2.45) is 5.92 Å². The van der Waals surface area contributed by atoms with E-state index in [1.54, 1.807) is 6.92 Å². The van der Waals surface area contributed by atoms with Gasteiger partial charge in [0.05, 0.1) is 11.7 Å². The maximum atomic E-state index is 11.7. The van der Waals surface area contributed by atoms with Crippen LogP contribution in [0.25, 0.3) is 0 Å². The van der Waals surface area contributed by atoms with Crippen LogP contribution in [0, 0.1) is 5.92 Å². The van der Waals surface area contributed by atoms with Crippen molar-refractivity contribution in [2.75, 3.05) is 0 Å². The number of carbonyl (C=O) groups is 2. The molecule has 5 heteroatoms. The zero-order valence-corrected chi connectivity index (χ0v) is 13.1. The molecule has 0 aliphatic carbocycles. The van der Waals surface area contributed by atoms with Gasteiger partial charge in [-0.1, -0.05) is 26.7 Å². The lowest BCUT2D eigenvalue weighted by atomic mass is 9.97. The SMILES string of the molecule is CCC(C)CC(=O)CCCC[C@@H](O)C1=C(C)C(O)OC1=O. The minimum atomic E-state index is -1.24. The number of carbonyl (C=O) groups excluding carboxylic acids is 2. The normalized spacial score (nSPS) is 21.4. The molecule has 5 nitrogen and oxygen atoms in total. The van der Waals surface area contributed by atoms with E-state index >= 15 is 0 Å². The highest BCUT2D eigenvalue weighted by Gasteiger charge is 2.33. The summed E-state index contributed by atoms with van der Waals surface area (Å²) in [6.07, 6.45) is 1.72. The molecule has 3 atom stereocenters. The van der Waals surface area contributed by atoms with Gasteiger partial charge in [0.1, 0.15) is 5.78 Å². The highest BCUT2D eigenvalue weighted by Crippen LogP contribution is 2.25. The molecule has 2 N–H and O–H groups in total. The summed E-state index contributed by atoms with van der Waals surface area (Å²) in [6, 6.07) is 0.